The molecule has 0 radical (unpaired) electrons. The first-order valence-electron chi connectivity index (χ1n) is 21.1. The molecule has 13 nitrogen and oxygen atoms in total. The van der Waals surface area contributed by atoms with Crippen molar-refractivity contribution in [3.05, 3.63) is 42.1 Å². The number of fused-ring (bicyclic) bond motifs is 3. The summed E-state index contributed by atoms with van der Waals surface area (Å²) in [7, 11) is -3.97. The van der Waals surface area contributed by atoms with Gasteiger partial charge in [0.15, 0.2) is 0 Å². The number of para-hydroxylation sites is 2. The van der Waals surface area contributed by atoms with Gasteiger partial charge >= 0.3 is 0 Å². The molecule has 3 amide bonds. The van der Waals surface area contributed by atoms with Crippen LogP contribution in [0.15, 0.2) is 36.4 Å². The first-order chi connectivity index (χ1) is 27.0. The van der Waals surface area contributed by atoms with Gasteiger partial charge in [0.1, 0.15) is 23.4 Å². The SMILES string of the molecule is CC1(S(=O)(=O)NC(=O)C23CCC2C=CCCCCCC(NCO)C(=O)N2CC(Oc4nc5ccccc5nc4CCCCCC4CCCC4)CC2C(=O)N3)CC1. The Hall–Kier alpha value is -3.62. The minimum absolute atomic E-state index is 0.0884. The predicted octanol–water partition coefficient (Wildman–Crippen LogP) is 4.96. The maximum Gasteiger partial charge on any atom is 0.259 e. The normalized spacial score (nSPS) is 28.4. The molecule has 1 saturated heterocycles. The van der Waals surface area contributed by atoms with Crippen molar-refractivity contribution < 1.29 is 32.6 Å². The molecule has 0 spiro atoms. The van der Waals surface area contributed by atoms with Crippen LogP contribution in [-0.4, -0.2) is 87.9 Å². The molecule has 306 valence electrons. The van der Waals surface area contributed by atoms with Gasteiger partial charge in [0, 0.05) is 12.3 Å². The zero-order valence-electron chi connectivity index (χ0n) is 32.8. The van der Waals surface area contributed by atoms with E-state index in [1.54, 1.807) is 6.92 Å². The number of allylic oxidation sites excluding steroid dienone is 1. The van der Waals surface area contributed by atoms with Crippen LogP contribution in [-0.2, 0) is 30.8 Å². The number of rotatable bonds is 13. The molecular weight excluding hydrogens is 733 g/mol. The highest BCUT2D eigenvalue weighted by molar-refractivity contribution is 7.91. The largest absolute Gasteiger partial charge is 0.471 e. The summed E-state index contributed by atoms with van der Waals surface area (Å²) in [5, 5.41) is 15.8. The maximum atomic E-state index is 14.5. The lowest BCUT2D eigenvalue weighted by Gasteiger charge is -2.47. The van der Waals surface area contributed by atoms with Crippen LogP contribution in [0.1, 0.15) is 128 Å². The van der Waals surface area contributed by atoms with E-state index in [1.807, 2.05) is 36.4 Å². The minimum Gasteiger partial charge on any atom is -0.471 e. The summed E-state index contributed by atoms with van der Waals surface area (Å²) in [5.41, 5.74) is 0.720. The average Bonchev–Trinajstić information content (AvgIpc) is 3.52. The maximum absolute atomic E-state index is 14.5. The Bertz CT molecular complexity index is 1880. The minimum atomic E-state index is -3.97. The molecule has 1 aromatic carbocycles. The number of aliphatic hydroxyl groups is 1. The third kappa shape index (κ3) is 8.92. The second-order valence-corrected chi connectivity index (χ2v) is 19.4. The van der Waals surface area contributed by atoms with Crippen LogP contribution in [0.4, 0.5) is 0 Å². The number of benzene rings is 1. The van der Waals surface area contributed by atoms with E-state index in [9.17, 15) is 27.9 Å². The fourth-order valence-corrected chi connectivity index (χ4v) is 10.4. The van der Waals surface area contributed by atoms with E-state index in [1.165, 1.54) is 43.4 Å². The van der Waals surface area contributed by atoms with Crippen molar-refractivity contribution in [1.29, 1.82) is 0 Å². The molecule has 0 bridgehead atoms. The number of aryl methyl sites for hydroxylation is 1. The molecule has 2 aromatic rings. The van der Waals surface area contributed by atoms with Crippen LogP contribution < -0.4 is 20.1 Å². The van der Waals surface area contributed by atoms with Crippen molar-refractivity contribution in [2.75, 3.05) is 13.3 Å². The third-order valence-electron chi connectivity index (χ3n) is 13.2. The number of carbonyl (C=O) groups is 3. The number of hydrogen-bond acceptors (Lipinski definition) is 10. The van der Waals surface area contributed by atoms with Crippen LogP contribution in [0.3, 0.4) is 0 Å². The number of sulfonamides is 1. The second-order valence-electron chi connectivity index (χ2n) is 17.2. The first kappa shape index (κ1) is 40.6. The third-order valence-corrected chi connectivity index (χ3v) is 15.3. The van der Waals surface area contributed by atoms with Crippen molar-refractivity contribution in [3.8, 4) is 5.88 Å². The molecule has 7 rings (SSSR count). The highest BCUT2D eigenvalue weighted by Crippen LogP contribution is 2.45. The Labute approximate surface area is 331 Å². The van der Waals surface area contributed by atoms with Gasteiger partial charge in [-0.3, -0.25) is 24.4 Å². The van der Waals surface area contributed by atoms with Gasteiger partial charge in [0.25, 0.3) is 5.91 Å². The van der Waals surface area contributed by atoms with Gasteiger partial charge in [-0.05, 0) is 82.8 Å². The molecule has 3 saturated carbocycles. The number of nitrogens with zero attached hydrogens (tertiary/aromatic N) is 3. The van der Waals surface area contributed by atoms with E-state index >= 15 is 0 Å². The van der Waals surface area contributed by atoms with Crippen molar-refractivity contribution in [2.45, 2.75) is 157 Å². The molecule has 56 heavy (non-hydrogen) atoms. The number of nitrogens with one attached hydrogen (secondary N) is 3. The number of unbranched alkanes of at least 4 members (excludes halogenated alkanes) is 2. The highest BCUT2D eigenvalue weighted by Gasteiger charge is 2.58. The summed E-state index contributed by atoms with van der Waals surface area (Å²) < 4.78 is 34.5. The summed E-state index contributed by atoms with van der Waals surface area (Å²) in [5.74, 6) is -0.785. The van der Waals surface area contributed by atoms with Crippen LogP contribution in [0, 0.1) is 11.8 Å². The lowest BCUT2D eigenvalue weighted by Crippen LogP contribution is -2.70. The zero-order valence-corrected chi connectivity index (χ0v) is 33.7. The number of ether oxygens (including phenoxy) is 1. The predicted molar refractivity (Wildman–Crippen MR) is 213 cm³/mol. The van der Waals surface area contributed by atoms with E-state index in [-0.39, 0.29) is 25.3 Å². The number of amides is 3. The molecule has 3 aliphatic carbocycles. The molecule has 5 atom stereocenters. The first-order valence-corrected chi connectivity index (χ1v) is 22.6. The summed E-state index contributed by atoms with van der Waals surface area (Å²) in [4.78, 5) is 54.3. The van der Waals surface area contributed by atoms with Gasteiger partial charge in [0.05, 0.1) is 35.1 Å². The van der Waals surface area contributed by atoms with Crippen LogP contribution in [0.5, 0.6) is 5.88 Å². The van der Waals surface area contributed by atoms with Gasteiger partial charge in [-0.2, -0.15) is 0 Å². The second kappa shape index (κ2) is 17.5. The van der Waals surface area contributed by atoms with E-state index in [0.29, 0.717) is 43.5 Å². The molecule has 3 heterocycles. The van der Waals surface area contributed by atoms with Crippen LogP contribution in [0.2, 0.25) is 0 Å². The molecule has 1 aromatic heterocycles. The fraction of sp³-hybridized carbons (Fsp3) is 0.690. The smallest absolute Gasteiger partial charge is 0.259 e. The fourth-order valence-electron chi connectivity index (χ4n) is 9.12. The number of aromatic nitrogens is 2. The van der Waals surface area contributed by atoms with Gasteiger partial charge in [0.2, 0.25) is 27.7 Å². The molecule has 5 aliphatic rings. The lowest BCUT2D eigenvalue weighted by molar-refractivity contribution is -0.145. The Kier molecular flexibility index (Phi) is 12.7. The van der Waals surface area contributed by atoms with Gasteiger partial charge in [-0.25, -0.2) is 18.4 Å². The Morgan fingerprint density at radius 3 is 2.45 bits per heavy atom. The molecule has 14 heteroatoms. The Morgan fingerprint density at radius 1 is 0.982 bits per heavy atom. The molecule has 4 fully saturated rings. The number of hydrogen-bond donors (Lipinski definition) is 4. The lowest BCUT2D eigenvalue weighted by atomic mass is 9.65. The van der Waals surface area contributed by atoms with E-state index in [4.69, 9.17) is 14.7 Å². The summed E-state index contributed by atoms with van der Waals surface area (Å²) in [6.07, 6.45) is 19.5. The van der Waals surface area contributed by atoms with Crippen molar-refractivity contribution in [1.82, 2.24) is 30.2 Å². The van der Waals surface area contributed by atoms with E-state index in [2.05, 4.69) is 15.4 Å². The molecule has 2 aliphatic heterocycles. The summed E-state index contributed by atoms with van der Waals surface area (Å²) in [6, 6.07) is 5.92. The van der Waals surface area contributed by atoms with Gasteiger partial charge < -0.3 is 20.1 Å². The zero-order chi connectivity index (χ0) is 39.3. The summed E-state index contributed by atoms with van der Waals surface area (Å²) >= 11 is 0. The quantitative estimate of drug-likeness (QED) is 0.123. The summed E-state index contributed by atoms with van der Waals surface area (Å²) in [6.45, 7) is 1.30. The molecule has 4 N–H and O–H groups in total. The van der Waals surface area contributed by atoms with Crippen molar-refractivity contribution in [3.63, 3.8) is 0 Å². The van der Waals surface area contributed by atoms with Gasteiger partial charge in [-0.15, -0.1) is 0 Å². The average molecular weight is 793 g/mol. The van der Waals surface area contributed by atoms with Crippen molar-refractivity contribution >= 4 is 38.8 Å². The highest BCUT2D eigenvalue weighted by atomic mass is 32.2. The monoisotopic (exact) mass is 792 g/mol. The molecule has 5 unspecified atom stereocenters. The number of carbonyl (C=O) groups excluding carboxylic acids is 3. The van der Waals surface area contributed by atoms with Crippen LogP contribution in [0.25, 0.3) is 11.0 Å². The number of aliphatic hydroxyl groups excluding tert-OH is 1. The Morgan fingerprint density at radius 2 is 1.73 bits per heavy atom. The van der Waals surface area contributed by atoms with Crippen molar-refractivity contribution in [2.24, 2.45) is 11.8 Å². The topological polar surface area (TPSA) is 180 Å². The Balaban J connectivity index is 1.14. The standard InChI is InChI=1S/C42H60N6O7S/c1-41(24-25-41)56(53,54)47-40(52)42-23-22-30(42)17-7-3-2-4-8-21-35(43-28-49)39(51)48-27-31(26-36(48)37(50)46-42)55-38-34(44-32-18-12-13-19-33(32)45-38)20-9-5-6-14-29-15-10-11-16-29/h7,12-13,17-19,29-31,35-36,43,49H,2-6,8-11,14-16,20-28H2,1H3,(H,46,50)(H,47,52). The van der Waals surface area contributed by atoms with E-state index < -0.39 is 63.0 Å². The molecular formula is C42H60N6O7S. The van der Waals surface area contributed by atoms with Gasteiger partial charge in [-0.1, -0.05) is 82.1 Å². The van der Waals surface area contributed by atoms with E-state index in [0.717, 1.165) is 55.7 Å². The van der Waals surface area contributed by atoms with Crippen LogP contribution >= 0.6 is 0 Å².